The van der Waals surface area contributed by atoms with Crippen LogP contribution in [-0.4, -0.2) is 5.11 Å². The summed E-state index contributed by atoms with van der Waals surface area (Å²) in [6.07, 6.45) is 4.45. The molecule has 1 aromatic rings. The van der Waals surface area contributed by atoms with Crippen molar-refractivity contribution in [1.29, 1.82) is 0 Å². The van der Waals surface area contributed by atoms with Crippen LogP contribution in [0.25, 0.3) is 0 Å². The first-order valence-corrected chi connectivity index (χ1v) is 9.32. The van der Waals surface area contributed by atoms with Gasteiger partial charge in [-0.25, -0.2) is 0 Å². The number of hydrogen-bond donors (Lipinski definition) is 1. The van der Waals surface area contributed by atoms with E-state index in [4.69, 9.17) is 0 Å². The average molecular weight is 410 g/mol. The minimum Gasteiger partial charge on any atom is -0.388 e. The molecule has 1 unspecified atom stereocenters. The van der Waals surface area contributed by atoms with Gasteiger partial charge in [-0.1, -0.05) is 20.8 Å². The molecule has 108 valence electrons. The average Bonchev–Trinajstić information content (AvgIpc) is 2.66. The lowest BCUT2D eigenvalue weighted by Crippen LogP contribution is -2.28. The summed E-state index contributed by atoms with van der Waals surface area (Å²) in [5.74, 6) is 1.21. The third-order valence-electron chi connectivity index (χ3n) is 4.44. The lowest BCUT2D eigenvalue weighted by atomic mass is 9.68. The second-order valence-corrected chi connectivity index (χ2v) is 10.5. The highest BCUT2D eigenvalue weighted by atomic mass is 79.9. The van der Waals surface area contributed by atoms with E-state index in [0.717, 1.165) is 31.9 Å². The van der Waals surface area contributed by atoms with E-state index in [9.17, 15) is 5.11 Å². The summed E-state index contributed by atoms with van der Waals surface area (Å²) in [5.41, 5.74) is 1.46. The maximum absolute atomic E-state index is 10.6. The number of halogens is 2. The van der Waals surface area contributed by atoms with Crippen LogP contribution < -0.4 is 0 Å². The summed E-state index contributed by atoms with van der Waals surface area (Å²) in [6.45, 7) is 7.00. The van der Waals surface area contributed by atoms with Crippen molar-refractivity contribution in [2.75, 3.05) is 0 Å². The molecule has 1 fully saturated rings. The molecule has 0 aromatic carbocycles. The maximum atomic E-state index is 10.6. The molecule has 0 saturated heterocycles. The van der Waals surface area contributed by atoms with E-state index in [-0.39, 0.29) is 6.10 Å². The molecule has 1 heterocycles. The van der Waals surface area contributed by atoms with Crippen molar-refractivity contribution in [2.45, 2.75) is 52.6 Å². The molecule has 0 bridgehead atoms. The van der Waals surface area contributed by atoms with Gasteiger partial charge in [0.1, 0.15) is 0 Å². The summed E-state index contributed by atoms with van der Waals surface area (Å²) in [7, 11) is 0. The summed E-state index contributed by atoms with van der Waals surface area (Å²) in [4.78, 5) is 0. The summed E-state index contributed by atoms with van der Waals surface area (Å²) >= 11 is 8.68. The number of aliphatic hydroxyl groups excluding tert-OH is 1. The molecule has 1 aromatic heterocycles. The molecule has 1 atom stereocenters. The summed E-state index contributed by atoms with van der Waals surface area (Å²) < 4.78 is 2.14. The van der Waals surface area contributed by atoms with Gasteiger partial charge in [-0.2, -0.15) is 0 Å². The van der Waals surface area contributed by atoms with Crippen molar-refractivity contribution >= 4 is 43.2 Å². The molecule has 19 heavy (non-hydrogen) atoms. The third kappa shape index (κ3) is 3.84. The molecule has 0 aliphatic heterocycles. The van der Waals surface area contributed by atoms with Crippen molar-refractivity contribution in [3.05, 3.63) is 19.2 Å². The monoisotopic (exact) mass is 408 g/mol. The Morgan fingerprint density at radius 1 is 1.21 bits per heavy atom. The van der Waals surface area contributed by atoms with Gasteiger partial charge in [0, 0.05) is 5.56 Å². The van der Waals surface area contributed by atoms with Gasteiger partial charge in [-0.3, -0.25) is 0 Å². The molecular formula is C15H22Br2OS. The molecule has 0 radical (unpaired) electrons. The van der Waals surface area contributed by atoms with Crippen molar-refractivity contribution in [1.82, 2.24) is 0 Å². The van der Waals surface area contributed by atoms with Crippen LogP contribution in [0.1, 0.15) is 58.1 Å². The van der Waals surface area contributed by atoms with Gasteiger partial charge in [0.25, 0.3) is 0 Å². The molecule has 2 rings (SSSR count). The maximum Gasteiger partial charge on any atom is 0.0837 e. The minimum atomic E-state index is -0.321. The van der Waals surface area contributed by atoms with Gasteiger partial charge in [-0.15, -0.1) is 11.3 Å². The molecule has 4 heteroatoms. The first-order chi connectivity index (χ1) is 8.79. The molecule has 1 aliphatic rings. The highest BCUT2D eigenvalue weighted by molar-refractivity contribution is 9.12. The molecular weight excluding hydrogens is 388 g/mol. The highest BCUT2D eigenvalue weighted by Gasteiger charge is 2.33. The molecule has 0 spiro atoms. The zero-order chi connectivity index (χ0) is 14.2. The van der Waals surface area contributed by atoms with Crippen molar-refractivity contribution < 1.29 is 5.11 Å². The number of aliphatic hydroxyl groups is 1. The number of hydrogen-bond acceptors (Lipinski definition) is 2. The Bertz CT molecular complexity index is 428. The van der Waals surface area contributed by atoms with E-state index in [0.29, 0.717) is 11.3 Å². The fourth-order valence-electron chi connectivity index (χ4n) is 3.11. The Morgan fingerprint density at radius 2 is 1.79 bits per heavy atom. The summed E-state index contributed by atoms with van der Waals surface area (Å²) in [5, 5.41) is 10.6. The lowest BCUT2D eigenvalue weighted by molar-refractivity contribution is 0.0527. The first-order valence-electron chi connectivity index (χ1n) is 6.92. The summed E-state index contributed by atoms with van der Waals surface area (Å²) in [6, 6.07) is 2.05. The van der Waals surface area contributed by atoms with E-state index >= 15 is 0 Å². The minimum absolute atomic E-state index is 0.321. The van der Waals surface area contributed by atoms with E-state index in [1.165, 1.54) is 12.8 Å². The van der Waals surface area contributed by atoms with Gasteiger partial charge in [0.05, 0.1) is 13.7 Å². The zero-order valence-electron chi connectivity index (χ0n) is 11.7. The standard InChI is InChI=1S/C15H22Br2OS/c1-15(2,3)10-6-4-9(5-7-10)13(18)11-8-12(16)19-14(11)17/h8-10,13,18H,4-7H2,1-3H3. The van der Waals surface area contributed by atoms with Gasteiger partial charge in [0.2, 0.25) is 0 Å². The zero-order valence-corrected chi connectivity index (χ0v) is 15.7. The Kier molecular flexibility index (Phi) is 5.19. The van der Waals surface area contributed by atoms with Crippen LogP contribution >= 0.6 is 43.2 Å². The van der Waals surface area contributed by atoms with Gasteiger partial charge < -0.3 is 5.11 Å². The Balaban J connectivity index is 2.00. The van der Waals surface area contributed by atoms with Gasteiger partial charge in [-0.05, 0) is 80.9 Å². The first kappa shape index (κ1) is 16.0. The van der Waals surface area contributed by atoms with Crippen LogP contribution in [0.3, 0.4) is 0 Å². The van der Waals surface area contributed by atoms with Crippen LogP contribution in [0.2, 0.25) is 0 Å². The van der Waals surface area contributed by atoms with Crippen molar-refractivity contribution in [3.63, 3.8) is 0 Å². The topological polar surface area (TPSA) is 20.2 Å². The Labute approximate surface area is 137 Å². The van der Waals surface area contributed by atoms with Crippen LogP contribution in [0.4, 0.5) is 0 Å². The molecule has 0 amide bonds. The Hall–Kier alpha value is 0.620. The normalized spacial score (nSPS) is 26.4. The van der Waals surface area contributed by atoms with Gasteiger partial charge in [0.15, 0.2) is 0 Å². The van der Waals surface area contributed by atoms with Crippen LogP contribution in [0.5, 0.6) is 0 Å². The van der Waals surface area contributed by atoms with Crippen LogP contribution in [0.15, 0.2) is 13.6 Å². The highest BCUT2D eigenvalue weighted by Crippen LogP contribution is 2.46. The molecule has 1 saturated carbocycles. The predicted octanol–water partition coefficient (Wildman–Crippen LogP) is 6.16. The largest absolute Gasteiger partial charge is 0.388 e. The van der Waals surface area contributed by atoms with Crippen molar-refractivity contribution in [3.8, 4) is 0 Å². The molecule has 1 nitrogen and oxygen atoms in total. The van der Waals surface area contributed by atoms with Gasteiger partial charge >= 0.3 is 0 Å². The van der Waals surface area contributed by atoms with E-state index in [1.54, 1.807) is 11.3 Å². The second-order valence-electron chi connectivity index (χ2n) is 6.70. The van der Waals surface area contributed by atoms with E-state index in [1.807, 2.05) is 0 Å². The lowest BCUT2D eigenvalue weighted by Gasteiger charge is -2.38. The van der Waals surface area contributed by atoms with Crippen molar-refractivity contribution in [2.24, 2.45) is 17.3 Å². The van der Waals surface area contributed by atoms with Crippen LogP contribution in [0, 0.1) is 17.3 Å². The molecule has 1 N–H and O–H groups in total. The quantitative estimate of drug-likeness (QED) is 0.619. The second kappa shape index (κ2) is 6.17. The fourth-order valence-corrected chi connectivity index (χ4v) is 6.02. The van der Waals surface area contributed by atoms with E-state index in [2.05, 4.69) is 58.7 Å². The van der Waals surface area contributed by atoms with E-state index < -0.39 is 0 Å². The fraction of sp³-hybridized carbons (Fsp3) is 0.733. The Morgan fingerprint density at radius 3 is 2.21 bits per heavy atom. The smallest absolute Gasteiger partial charge is 0.0837 e. The number of thiophene rings is 1. The SMILES string of the molecule is CC(C)(C)C1CCC(C(O)c2cc(Br)sc2Br)CC1. The third-order valence-corrected chi connectivity index (χ3v) is 6.83. The number of rotatable bonds is 2. The predicted molar refractivity (Wildman–Crippen MR) is 89.6 cm³/mol. The molecule has 1 aliphatic carbocycles. The van der Waals surface area contributed by atoms with Crippen LogP contribution in [-0.2, 0) is 0 Å².